The van der Waals surface area contributed by atoms with Crippen LogP contribution in [0, 0.1) is 13.8 Å². The molecular formula is C17H24N2S. The monoisotopic (exact) mass is 288 g/mol. The molecular weight excluding hydrogens is 264 g/mol. The fourth-order valence-electron chi connectivity index (χ4n) is 2.40. The zero-order valence-corrected chi connectivity index (χ0v) is 13.6. The maximum atomic E-state index is 4.45. The van der Waals surface area contributed by atoms with Gasteiger partial charge < -0.3 is 5.32 Å². The summed E-state index contributed by atoms with van der Waals surface area (Å²) < 4.78 is 0. The zero-order valence-electron chi connectivity index (χ0n) is 12.8. The summed E-state index contributed by atoms with van der Waals surface area (Å²) in [5.41, 5.74) is 2.77. The van der Waals surface area contributed by atoms with Gasteiger partial charge in [-0.1, -0.05) is 29.8 Å². The summed E-state index contributed by atoms with van der Waals surface area (Å²) in [7, 11) is 0. The highest BCUT2D eigenvalue weighted by molar-refractivity contribution is 7.11. The zero-order chi connectivity index (χ0) is 14.5. The minimum Gasteiger partial charge on any atom is -0.306 e. The smallest absolute Gasteiger partial charge is 0.109 e. The molecule has 3 heteroatoms. The summed E-state index contributed by atoms with van der Waals surface area (Å²) in [4.78, 5) is 5.73. The average molecular weight is 288 g/mol. The number of nitrogens with one attached hydrogen (secondary N) is 1. The van der Waals surface area contributed by atoms with Crippen molar-refractivity contribution in [3.05, 3.63) is 51.5 Å². The lowest BCUT2D eigenvalue weighted by Gasteiger charge is -2.18. The van der Waals surface area contributed by atoms with Crippen molar-refractivity contribution in [3.63, 3.8) is 0 Å². The van der Waals surface area contributed by atoms with Crippen molar-refractivity contribution in [3.8, 4) is 0 Å². The summed E-state index contributed by atoms with van der Waals surface area (Å²) in [5.74, 6) is 0. The molecule has 0 radical (unpaired) electrons. The number of thiazole rings is 1. The molecule has 1 aromatic heterocycles. The van der Waals surface area contributed by atoms with Gasteiger partial charge in [-0.25, -0.2) is 4.98 Å². The van der Waals surface area contributed by atoms with Crippen LogP contribution in [0.2, 0.25) is 0 Å². The predicted molar refractivity (Wildman–Crippen MR) is 87.4 cm³/mol. The van der Waals surface area contributed by atoms with Gasteiger partial charge >= 0.3 is 0 Å². The number of hydrogen-bond acceptors (Lipinski definition) is 3. The lowest BCUT2D eigenvalue weighted by molar-refractivity contribution is 0.455. The van der Waals surface area contributed by atoms with E-state index in [1.165, 1.54) is 21.0 Å². The van der Waals surface area contributed by atoms with Crippen molar-refractivity contribution in [1.82, 2.24) is 10.3 Å². The minimum atomic E-state index is 0.334. The molecule has 0 bridgehead atoms. The Kier molecular flexibility index (Phi) is 5.32. The van der Waals surface area contributed by atoms with E-state index in [2.05, 4.69) is 62.3 Å². The number of benzene rings is 1. The highest BCUT2D eigenvalue weighted by atomic mass is 32.1. The quantitative estimate of drug-likeness (QED) is 0.850. The van der Waals surface area contributed by atoms with E-state index < -0.39 is 0 Å². The van der Waals surface area contributed by atoms with Crippen LogP contribution in [-0.2, 0) is 6.42 Å². The van der Waals surface area contributed by atoms with Gasteiger partial charge in [0, 0.05) is 17.1 Å². The number of nitrogens with zero attached hydrogens (tertiary/aromatic N) is 1. The third-order valence-electron chi connectivity index (χ3n) is 3.49. The Morgan fingerprint density at radius 3 is 2.70 bits per heavy atom. The van der Waals surface area contributed by atoms with Gasteiger partial charge in [0.1, 0.15) is 5.01 Å². The van der Waals surface area contributed by atoms with Crippen LogP contribution in [0.1, 0.15) is 47.3 Å². The van der Waals surface area contributed by atoms with Gasteiger partial charge in [0.05, 0.1) is 6.04 Å². The van der Waals surface area contributed by atoms with E-state index in [-0.39, 0.29) is 0 Å². The third-order valence-corrected chi connectivity index (χ3v) is 4.59. The van der Waals surface area contributed by atoms with Crippen LogP contribution in [0.4, 0.5) is 0 Å². The van der Waals surface area contributed by atoms with Crippen molar-refractivity contribution in [2.24, 2.45) is 0 Å². The van der Waals surface area contributed by atoms with Gasteiger partial charge in [0.25, 0.3) is 0 Å². The van der Waals surface area contributed by atoms with Crippen LogP contribution in [0.25, 0.3) is 0 Å². The second-order valence-corrected chi connectivity index (χ2v) is 6.89. The Labute approximate surface area is 126 Å². The third kappa shape index (κ3) is 4.43. The Hall–Kier alpha value is -1.19. The molecule has 2 atom stereocenters. The lowest BCUT2D eigenvalue weighted by Crippen LogP contribution is -2.29. The van der Waals surface area contributed by atoms with E-state index in [0.717, 1.165) is 12.8 Å². The maximum Gasteiger partial charge on any atom is 0.109 e. The molecule has 0 aliphatic carbocycles. The van der Waals surface area contributed by atoms with Crippen molar-refractivity contribution >= 4 is 11.3 Å². The molecule has 2 nitrogen and oxygen atoms in total. The van der Waals surface area contributed by atoms with Gasteiger partial charge in [0.15, 0.2) is 0 Å². The van der Waals surface area contributed by atoms with Crippen LogP contribution in [0.3, 0.4) is 0 Å². The van der Waals surface area contributed by atoms with Gasteiger partial charge in [-0.15, -0.1) is 11.3 Å². The number of rotatable bonds is 6. The van der Waals surface area contributed by atoms with Crippen molar-refractivity contribution < 1.29 is 0 Å². The van der Waals surface area contributed by atoms with E-state index in [1.54, 1.807) is 11.3 Å². The number of aromatic nitrogens is 1. The van der Waals surface area contributed by atoms with Crippen molar-refractivity contribution in [2.45, 2.75) is 52.6 Å². The Bertz CT molecular complexity index is 547. The Morgan fingerprint density at radius 1 is 1.25 bits per heavy atom. The lowest BCUT2D eigenvalue weighted by atomic mass is 10.0. The molecule has 0 saturated carbocycles. The summed E-state index contributed by atoms with van der Waals surface area (Å²) in [6.45, 7) is 8.71. The molecule has 1 N–H and O–H groups in total. The fraction of sp³-hybridized carbons (Fsp3) is 0.471. The van der Waals surface area contributed by atoms with Crippen LogP contribution in [-0.4, -0.2) is 11.0 Å². The first-order valence-electron chi connectivity index (χ1n) is 7.28. The maximum absolute atomic E-state index is 4.45. The highest BCUT2D eigenvalue weighted by Gasteiger charge is 2.12. The van der Waals surface area contributed by atoms with Crippen LogP contribution < -0.4 is 5.32 Å². The first kappa shape index (κ1) is 15.2. The summed E-state index contributed by atoms with van der Waals surface area (Å²) in [6, 6.07) is 9.62. The molecule has 1 heterocycles. The average Bonchev–Trinajstić information content (AvgIpc) is 2.83. The van der Waals surface area contributed by atoms with E-state index in [9.17, 15) is 0 Å². The molecule has 20 heavy (non-hydrogen) atoms. The van der Waals surface area contributed by atoms with E-state index in [0.29, 0.717) is 12.1 Å². The molecule has 0 aliphatic heterocycles. The van der Waals surface area contributed by atoms with E-state index in [4.69, 9.17) is 0 Å². The molecule has 0 fully saturated rings. The second kappa shape index (κ2) is 7.00. The Balaban J connectivity index is 1.82. The predicted octanol–water partition coefficient (Wildman–Crippen LogP) is 4.43. The van der Waals surface area contributed by atoms with Gasteiger partial charge in [-0.05, 0) is 46.1 Å². The molecule has 0 amide bonds. The van der Waals surface area contributed by atoms with Crippen molar-refractivity contribution in [1.29, 1.82) is 0 Å². The van der Waals surface area contributed by atoms with Gasteiger partial charge in [-0.3, -0.25) is 0 Å². The molecule has 108 valence electrons. The largest absolute Gasteiger partial charge is 0.306 e. The van der Waals surface area contributed by atoms with Crippen LogP contribution in [0.15, 0.2) is 30.5 Å². The first-order chi connectivity index (χ1) is 9.54. The highest BCUT2D eigenvalue weighted by Crippen LogP contribution is 2.20. The summed E-state index contributed by atoms with van der Waals surface area (Å²) >= 11 is 1.78. The SMILES string of the molecule is Cc1cccc(CCC(C)NC(C)c2ncc(C)s2)c1. The fourth-order valence-corrected chi connectivity index (χ4v) is 3.19. The number of aryl methyl sites for hydroxylation is 3. The van der Waals surface area contributed by atoms with Gasteiger partial charge in [-0.2, -0.15) is 0 Å². The number of hydrogen-bond donors (Lipinski definition) is 1. The summed E-state index contributed by atoms with van der Waals surface area (Å²) in [6.07, 6.45) is 4.23. The topological polar surface area (TPSA) is 24.9 Å². The molecule has 1 aromatic carbocycles. The normalized spacial score (nSPS) is 14.2. The molecule has 2 rings (SSSR count). The molecule has 2 unspecified atom stereocenters. The Morgan fingerprint density at radius 2 is 2.05 bits per heavy atom. The van der Waals surface area contributed by atoms with Crippen molar-refractivity contribution in [2.75, 3.05) is 0 Å². The minimum absolute atomic E-state index is 0.334. The first-order valence-corrected chi connectivity index (χ1v) is 8.10. The van der Waals surface area contributed by atoms with E-state index in [1.807, 2.05) is 6.20 Å². The van der Waals surface area contributed by atoms with Crippen LogP contribution in [0.5, 0.6) is 0 Å². The molecule has 0 saturated heterocycles. The molecule has 0 spiro atoms. The van der Waals surface area contributed by atoms with E-state index >= 15 is 0 Å². The summed E-state index contributed by atoms with van der Waals surface area (Å²) in [5, 5.41) is 4.83. The second-order valence-electron chi connectivity index (χ2n) is 5.63. The molecule has 0 aliphatic rings. The van der Waals surface area contributed by atoms with Gasteiger partial charge in [0.2, 0.25) is 0 Å². The molecule has 2 aromatic rings. The van der Waals surface area contributed by atoms with Crippen LogP contribution >= 0.6 is 11.3 Å². The standard InChI is InChI=1S/C17H24N2S/c1-12-6-5-7-16(10-12)9-8-13(2)19-15(4)17-18-11-14(3)20-17/h5-7,10-11,13,15,19H,8-9H2,1-4H3.